The van der Waals surface area contributed by atoms with Gasteiger partial charge in [-0.1, -0.05) is 29.4 Å². The van der Waals surface area contributed by atoms with Crippen LogP contribution in [0.15, 0.2) is 23.2 Å². The summed E-state index contributed by atoms with van der Waals surface area (Å²) in [4.78, 5) is 44.1. The number of ether oxygens (including phenoxy) is 2. The van der Waals surface area contributed by atoms with E-state index < -0.39 is 5.97 Å². The molecule has 0 saturated heterocycles. The van der Waals surface area contributed by atoms with Gasteiger partial charge in [0.15, 0.2) is 4.80 Å². The van der Waals surface area contributed by atoms with Crippen LogP contribution in [0.25, 0.3) is 10.2 Å². The first-order valence-corrected chi connectivity index (χ1v) is 15.6. The quantitative estimate of drug-likeness (QED) is 0.252. The number of nitrogens with zero attached hydrogens (tertiary/aromatic N) is 2. The van der Waals surface area contributed by atoms with E-state index in [1.54, 1.807) is 20.1 Å². The molecule has 1 aliphatic carbocycles. The van der Waals surface area contributed by atoms with Gasteiger partial charge >= 0.3 is 5.97 Å². The van der Waals surface area contributed by atoms with Crippen molar-refractivity contribution in [1.29, 1.82) is 0 Å². The van der Waals surface area contributed by atoms with Gasteiger partial charge in [-0.25, -0.2) is 4.79 Å². The highest BCUT2D eigenvalue weighted by Gasteiger charge is 2.26. The maximum atomic E-state index is 12.7. The number of nitrogens with one attached hydrogen (secondary N) is 1. The second-order valence-corrected chi connectivity index (χ2v) is 12.2. The summed E-state index contributed by atoms with van der Waals surface area (Å²) in [5.74, 6) is -0.871. The molecule has 12 heteroatoms. The molecule has 1 aliphatic rings. The summed E-state index contributed by atoms with van der Waals surface area (Å²) in [6.45, 7) is 3.07. The van der Waals surface area contributed by atoms with Gasteiger partial charge in [0.1, 0.15) is 5.00 Å². The number of hydrogen-bond acceptors (Lipinski definition) is 8. The Balaban J connectivity index is 1.41. The largest absolute Gasteiger partial charge is 0.462 e. The summed E-state index contributed by atoms with van der Waals surface area (Å²) in [7, 11) is 1.62. The van der Waals surface area contributed by atoms with E-state index in [0.29, 0.717) is 33.5 Å². The standard InChI is InChI=1S/C26H30ClN3O5S3/c1-3-35-25(33)23-17-7-5-4-6-8-19(17)37-24(23)28-21(31)14-36-15-22(32)29-26-30(11-12-34-2)18-10-9-16(27)13-20(18)38-26/h9-10,13H,3-8,11-12,14-15H2,1-2H3,(H,28,31). The van der Waals surface area contributed by atoms with E-state index in [1.165, 1.54) is 34.4 Å². The fourth-order valence-corrected chi connectivity index (χ4v) is 7.56. The van der Waals surface area contributed by atoms with Crippen LogP contribution in [-0.2, 0) is 38.4 Å². The smallest absolute Gasteiger partial charge is 0.341 e. The van der Waals surface area contributed by atoms with Crippen molar-refractivity contribution in [2.75, 3.05) is 37.1 Å². The first kappa shape index (κ1) is 28.8. The Morgan fingerprint density at radius 2 is 1.97 bits per heavy atom. The topological polar surface area (TPSA) is 99.0 Å². The molecular weight excluding hydrogens is 566 g/mol. The number of thiophene rings is 1. The summed E-state index contributed by atoms with van der Waals surface area (Å²) in [6, 6.07) is 5.56. The Bertz CT molecular complexity index is 1390. The predicted molar refractivity (Wildman–Crippen MR) is 155 cm³/mol. The number of rotatable bonds is 10. The van der Waals surface area contributed by atoms with Gasteiger partial charge < -0.3 is 19.4 Å². The van der Waals surface area contributed by atoms with Crippen molar-refractivity contribution in [3.8, 4) is 0 Å². The molecule has 2 heterocycles. The fourth-order valence-electron chi connectivity index (χ4n) is 4.31. The Morgan fingerprint density at radius 3 is 2.76 bits per heavy atom. The molecule has 0 spiro atoms. The average molecular weight is 596 g/mol. The number of amides is 2. The normalized spacial score (nSPS) is 13.8. The van der Waals surface area contributed by atoms with E-state index in [0.717, 1.165) is 52.8 Å². The van der Waals surface area contributed by atoms with Crippen LogP contribution in [-0.4, -0.2) is 54.2 Å². The van der Waals surface area contributed by atoms with Crippen LogP contribution in [0.2, 0.25) is 5.02 Å². The minimum Gasteiger partial charge on any atom is -0.462 e. The lowest BCUT2D eigenvalue weighted by atomic mass is 10.1. The number of aromatic nitrogens is 1. The van der Waals surface area contributed by atoms with Crippen molar-refractivity contribution in [2.45, 2.75) is 45.6 Å². The van der Waals surface area contributed by atoms with E-state index in [1.807, 2.05) is 16.7 Å². The third-order valence-corrected chi connectivity index (χ3v) is 9.40. The van der Waals surface area contributed by atoms with Crippen molar-refractivity contribution >= 4 is 79.0 Å². The average Bonchev–Trinajstić information content (AvgIpc) is 3.29. The number of benzene rings is 1. The first-order valence-electron chi connectivity index (χ1n) is 12.5. The number of anilines is 1. The molecule has 2 aromatic heterocycles. The Labute approximate surface area is 238 Å². The summed E-state index contributed by atoms with van der Waals surface area (Å²) in [5.41, 5.74) is 2.43. The highest BCUT2D eigenvalue weighted by molar-refractivity contribution is 8.00. The highest BCUT2D eigenvalue weighted by Crippen LogP contribution is 2.38. The lowest BCUT2D eigenvalue weighted by molar-refractivity contribution is -0.115. The van der Waals surface area contributed by atoms with E-state index in [-0.39, 0.29) is 29.9 Å². The van der Waals surface area contributed by atoms with Gasteiger partial charge in [-0.15, -0.1) is 23.1 Å². The molecule has 0 unspecified atom stereocenters. The van der Waals surface area contributed by atoms with Crippen molar-refractivity contribution in [1.82, 2.24) is 4.57 Å². The van der Waals surface area contributed by atoms with Gasteiger partial charge in [0.25, 0.3) is 5.91 Å². The molecular formula is C26H30ClN3O5S3. The van der Waals surface area contributed by atoms with Crippen LogP contribution in [0.4, 0.5) is 5.00 Å². The second kappa shape index (κ2) is 13.7. The maximum absolute atomic E-state index is 12.7. The summed E-state index contributed by atoms with van der Waals surface area (Å²) >= 11 is 10.2. The molecule has 8 nitrogen and oxygen atoms in total. The predicted octanol–water partition coefficient (Wildman–Crippen LogP) is 5.31. The van der Waals surface area contributed by atoms with Gasteiger partial charge in [-0.3, -0.25) is 9.59 Å². The fraction of sp³-hybridized carbons (Fsp3) is 0.462. The third-order valence-electron chi connectivity index (χ3n) is 6.00. The van der Waals surface area contributed by atoms with Crippen molar-refractivity contribution in [2.24, 2.45) is 4.99 Å². The summed E-state index contributed by atoms with van der Waals surface area (Å²) in [5, 5.41) is 4.05. The van der Waals surface area contributed by atoms with E-state index >= 15 is 0 Å². The number of fused-ring (bicyclic) bond motifs is 2. The monoisotopic (exact) mass is 595 g/mol. The molecule has 0 atom stereocenters. The number of aryl methyl sites for hydroxylation is 1. The number of carbonyl (C=O) groups is 3. The molecule has 0 saturated carbocycles. The number of hydrogen-bond donors (Lipinski definition) is 1. The molecule has 0 aliphatic heterocycles. The van der Waals surface area contributed by atoms with E-state index in [4.69, 9.17) is 21.1 Å². The lowest BCUT2D eigenvalue weighted by Crippen LogP contribution is -2.20. The third kappa shape index (κ3) is 7.06. The molecule has 4 rings (SSSR count). The van der Waals surface area contributed by atoms with E-state index in [9.17, 15) is 14.4 Å². The Kier molecular flexibility index (Phi) is 10.4. The van der Waals surface area contributed by atoms with Crippen LogP contribution in [0.1, 0.15) is 47.0 Å². The van der Waals surface area contributed by atoms with Crippen molar-refractivity contribution in [3.05, 3.63) is 44.0 Å². The van der Waals surface area contributed by atoms with Crippen LogP contribution in [0.3, 0.4) is 0 Å². The summed E-state index contributed by atoms with van der Waals surface area (Å²) < 4.78 is 13.4. The SMILES string of the molecule is CCOC(=O)c1c(NC(=O)CSCC(=O)N=c2sc3cc(Cl)ccc3n2CCOC)sc2c1CCCCC2. The molecule has 0 radical (unpaired) electrons. The van der Waals surface area contributed by atoms with Crippen molar-refractivity contribution in [3.63, 3.8) is 0 Å². The molecule has 1 aromatic carbocycles. The zero-order valence-electron chi connectivity index (χ0n) is 21.3. The van der Waals surface area contributed by atoms with Crippen LogP contribution >= 0.6 is 46.0 Å². The first-order chi connectivity index (χ1) is 18.4. The van der Waals surface area contributed by atoms with Crippen LogP contribution in [0, 0.1) is 0 Å². The molecule has 1 N–H and O–H groups in total. The number of thioether (sulfide) groups is 1. The molecule has 0 bridgehead atoms. The molecule has 2 amide bonds. The molecule has 204 valence electrons. The minimum atomic E-state index is -0.393. The second-order valence-electron chi connectivity index (χ2n) is 8.68. The molecule has 3 aromatic rings. The highest BCUT2D eigenvalue weighted by atomic mass is 35.5. The van der Waals surface area contributed by atoms with Gasteiger partial charge in [-0.2, -0.15) is 4.99 Å². The van der Waals surface area contributed by atoms with Gasteiger partial charge in [0, 0.05) is 23.6 Å². The Hall–Kier alpha value is -2.18. The van der Waals surface area contributed by atoms with E-state index in [2.05, 4.69) is 10.3 Å². The zero-order valence-corrected chi connectivity index (χ0v) is 24.5. The van der Waals surface area contributed by atoms with Gasteiger partial charge in [-0.05, 0) is 56.4 Å². The van der Waals surface area contributed by atoms with Gasteiger partial charge in [0.05, 0.1) is 40.5 Å². The van der Waals surface area contributed by atoms with Crippen LogP contribution in [0.5, 0.6) is 0 Å². The van der Waals surface area contributed by atoms with Gasteiger partial charge in [0.2, 0.25) is 5.91 Å². The number of thiazole rings is 1. The minimum absolute atomic E-state index is 0.0539. The summed E-state index contributed by atoms with van der Waals surface area (Å²) in [6.07, 6.45) is 4.94. The van der Waals surface area contributed by atoms with Crippen LogP contribution < -0.4 is 10.1 Å². The molecule has 38 heavy (non-hydrogen) atoms. The number of halogens is 1. The maximum Gasteiger partial charge on any atom is 0.341 e. The molecule has 0 fully saturated rings. The number of carbonyl (C=O) groups excluding carboxylic acids is 3. The number of esters is 1. The van der Waals surface area contributed by atoms with Crippen molar-refractivity contribution < 1.29 is 23.9 Å². The zero-order chi connectivity index (χ0) is 27.1. The lowest BCUT2D eigenvalue weighted by Gasteiger charge is -2.08. The number of methoxy groups -OCH3 is 1. The Morgan fingerprint density at radius 1 is 1.16 bits per heavy atom.